The Kier molecular flexibility index (Phi) is 49.6. The van der Waals surface area contributed by atoms with Crippen molar-refractivity contribution >= 4 is 17.9 Å². The Balaban J connectivity index is 4.55. The molecule has 6 heteroatoms. The van der Waals surface area contributed by atoms with E-state index in [2.05, 4.69) is 142 Å². The third-order valence-electron chi connectivity index (χ3n) is 10.4. The predicted octanol–water partition coefficient (Wildman–Crippen LogP) is 17.5. The molecule has 0 aliphatic rings. The van der Waals surface area contributed by atoms with Crippen LogP contribution in [0.1, 0.15) is 207 Å². The smallest absolute Gasteiger partial charge is 0.306 e. The molecule has 0 fully saturated rings. The SMILES string of the molecule is CC/C=C\C/C=C\C/C=C\C/C=C\C/C=C\C/C=C\CCC(=O)OC[C@@H](COC(=O)CCCCCCCCCCCC)OC(=O)CCCCC/C=C\C/C=C\C/C=C\C/C=C\C/C=C\CC. The fourth-order valence-corrected chi connectivity index (χ4v) is 6.55. The molecule has 0 aromatic rings. The molecule has 0 aliphatic heterocycles. The minimum Gasteiger partial charge on any atom is -0.462 e. The normalized spacial score (nSPS) is 13.2. The van der Waals surface area contributed by atoms with E-state index in [1.54, 1.807) is 0 Å². The largest absolute Gasteiger partial charge is 0.462 e. The molecule has 0 aliphatic carbocycles. The van der Waals surface area contributed by atoms with Gasteiger partial charge in [-0.25, -0.2) is 0 Å². The Labute approximate surface area is 405 Å². The zero-order valence-electron chi connectivity index (χ0n) is 42.1. The molecule has 0 aromatic heterocycles. The molecular formula is C60H94O6. The molecule has 0 amide bonds. The lowest BCUT2D eigenvalue weighted by molar-refractivity contribution is -0.166. The van der Waals surface area contributed by atoms with E-state index >= 15 is 0 Å². The van der Waals surface area contributed by atoms with Gasteiger partial charge in [-0.1, -0.05) is 219 Å². The van der Waals surface area contributed by atoms with Crippen LogP contribution >= 0.6 is 0 Å². The molecule has 0 N–H and O–H groups in total. The van der Waals surface area contributed by atoms with Crippen molar-refractivity contribution in [1.29, 1.82) is 0 Å². The van der Waals surface area contributed by atoms with Gasteiger partial charge >= 0.3 is 17.9 Å². The molecule has 0 spiro atoms. The lowest BCUT2D eigenvalue weighted by Gasteiger charge is -2.18. The monoisotopic (exact) mass is 911 g/mol. The van der Waals surface area contributed by atoms with E-state index in [9.17, 15) is 14.4 Å². The van der Waals surface area contributed by atoms with E-state index in [-0.39, 0.29) is 44.0 Å². The summed E-state index contributed by atoms with van der Waals surface area (Å²) < 4.78 is 16.7. The van der Waals surface area contributed by atoms with E-state index in [0.717, 1.165) is 109 Å². The van der Waals surface area contributed by atoms with Gasteiger partial charge in [0.1, 0.15) is 13.2 Å². The van der Waals surface area contributed by atoms with Crippen LogP contribution in [0.25, 0.3) is 0 Å². The van der Waals surface area contributed by atoms with Crippen LogP contribution in [0.3, 0.4) is 0 Å². The van der Waals surface area contributed by atoms with E-state index in [4.69, 9.17) is 14.2 Å². The fraction of sp³-hybridized carbons (Fsp3) is 0.583. The number of hydrogen-bond acceptors (Lipinski definition) is 6. The van der Waals surface area contributed by atoms with Gasteiger partial charge in [-0.2, -0.15) is 0 Å². The Bertz CT molecular complexity index is 1460. The van der Waals surface area contributed by atoms with E-state index in [1.165, 1.54) is 44.9 Å². The lowest BCUT2D eigenvalue weighted by Crippen LogP contribution is -2.30. The Morgan fingerprint density at radius 1 is 0.318 bits per heavy atom. The van der Waals surface area contributed by atoms with Gasteiger partial charge in [-0.05, 0) is 103 Å². The minimum atomic E-state index is -0.828. The maximum atomic E-state index is 12.8. The van der Waals surface area contributed by atoms with Crippen LogP contribution in [-0.2, 0) is 28.6 Å². The van der Waals surface area contributed by atoms with Gasteiger partial charge in [-0.15, -0.1) is 0 Å². The Morgan fingerprint density at radius 2 is 0.621 bits per heavy atom. The maximum Gasteiger partial charge on any atom is 0.306 e. The lowest BCUT2D eigenvalue weighted by atomic mass is 10.1. The molecule has 0 rings (SSSR count). The highest BCUT2D eigenvalue weighted by molar-refractivity contribution is 5.71. The summed E-state index contributed by atoms with van der Waals surface area (Å²) in [5.41, 5.74) is 0. The van der Waals surface area contributed by atoms with Crippen molar-refractivity contribution in [3.63, 3.8) is 0 Å². The molecule has 0 unspecified atom stereocenters. The summed E-state index contributed by atoms with van der Waals surface area (Å²) in [6, 6.07) is 0. The maximum absolute atomic E-state index is 12.8. The van der Waals surface area contributed by atoms with Crippen LogP contribution in [-0.4, -0.2) is 37.2 Å². The fourth-order valence-electron chi connectivity index (χ4n) is 6.55. The molecule has 0 aromatic carbocycles. The van der Waals surface area contributed by atoms with Crippen LogP contribution in [0.4, 0.5) is 0 Å². The van der Waals surface area contributed by atoms with Crippen molar-refractivity contribution in [2.24, 2.45) is 0 Å². The minimum absolute atomic E-state index is 0.118. The van der Waals surface area contributed by atoms with Crippen LogP contribution in [0.5, 0.6) is 0 Å². The number of hydrogen-bond donors (Lipinski definition) is 0. The first-order valence-corrected chi connectivity index (χ1v) is 26.2. The molecule has 370 valence electrons. The molecule has 0 saturated heterocycles. The molecule has 0 bridgehead atoms. The van der Waals surface area contributed by atoms with Crippen molar-refractivity contribution in [1.82, 2.24) is 0 Å². The highest BCUT2D eigenvalue weighted by Crippen LogP contribution is 2.13. The molecule has 1 atom stereocenters. The second kappa shape index (κ2) is 53.2. The standard InChI is InChI=1S/C60H94O6/c1-4-7-10-13-16-19-22-24-26-28-30-32-34-36-38-41-44-47-50-53-59(62)65-56-57(55-64-58(61)52-49-46-43-40-21-18-15-12-9-6-3)66-60(63)54-51-48-45-42-39-37-35-33-31-29-27-25-23-20-17-14-11-8-5-2/h7-8,10-11,16-17,19-20,24-27,30-33,36-39,44,47,57H,4-6,9,12-15,18,21-23,28-29,34-35,40-43,45-46,48-56H2,1-3H3/b10-7-,11-8-,19-16-,20-17-,26-24-,27-25-,32-30-,33-31-,38-36-,39-37-,47-44-/t57-/m1/s1. The molecule has 0 heterocycles. The highest BCUT2D eigenvalue weighted by Gasteiger charge is 2.19. The summed E-state index contributed by atoms with van der Waals surface area (Å²) in [4.78, 5) is 37.9. The molecule has 0 radical (unpaired) electrons. The average molecular weight is 911 g/mol. The van der Waals surface area contributed by atoms with Crippen molar-refractivity contribution in [2.75, 3.05) is 13.2 Å². The molecular weight excluding hydrogens is 817 g/mol. The zero-order chi connectivity index (χ0) is 47.9. The van der Waals surface area contributed by atoms with Crippen molar-refractivity contribution in [2.45, 2.75) is 213 Å². The molecule has 66 heavy (non-hydrogen) atoms. The summed E-state index contributed by atoms with van der Waals surface area (Å²) >= 11 is 0. The van der Waals surface area contributed by atoms with Crippen LogP contribution in [0.2, 0.25) is 0 Å². The number of unbranched alkanes of at least 4 members (excludes halogenated alkanes) is 12. The van der Waals surface area contributed by atoms with E-state index in [1.807, 2.05) is 12.2 Å². The summed E-state index contributed by atoms with van der Waals surface area (Å²) in [6.07, 6.45) is 74.5. The van der Waals surface area contributed by atoms with Crippen LogP contribution in [0.15, 0.2) is 134 Å². The summed E-state index contributed by atoms with van der Waals surface area (Å²) in [5.74, 6) is -1.05. The summed E-state index contributed by atoms with van der Waals surface area (Å²) in [7, 11) is 0. The second-order valence-electron chi connectivity index (χ2n) is 16.7. The number of ether oxygens (including phenoxy) is 3. The average Bonchev–Trinajstić information content (AvgIpc) is 3.31. The first-order chi connectivity index (χ1) is 32.5. The van der Waals surface area contributed by atoms with Crippen molar-refractivity contribution in [3.8, 4) is 0 Å². The zero-order valence-corrected chi connectivity index (χ0v) is 42.1. The first-order valence-electron chi connectivity index (χ1n) is 26.2. The summed E-state index contributed by atoms with van der Waals surface area (Å²) in [5, 5.41) is 0. The Morgan fingerprint density at radius 3 is 1.02 bits per heavy atom. The van der Waals surface area contributed by atoms with Gasteiger partial charge in [0.2, 0.25) is 0 Å². The highest BCUT2D eigenvalue weighted by atomic mass is 16.6. The predicted molar refractivity (Wildman–Crippen MR) is 283 cm³/mol. The number of carbonyl (C=O) groups excluding carboxylic acids is 3. The van der Waals surface area contributed by atoms with Crippen molar-refractivity contribution < 1.29 is 28.6 Å². The first kappa shape index (κ1) is 61.5. The number of allylic oxidation sites excluding steroid dienone is 22. The summed E-state index contributed by atoms with van der Waals surface area (Å²) in [6.45, 7) is 6.28. The van der Waals surface area contributed by atoms with Gasteiger partial charge in [0.15, 0.2) is 6.10 Å². The van der Waals surface area contributed by atoms with Crippen molar-refractivity contribution in [3.05, 3.63) is 134 Å². The van der Waals surface area contributed by atoms with Gasteiger partial charge < -0.3 is 14.2 Å². The topological polar surface area (TPSA) is 78.9 Å². The third kappa shape index (κ3) is 50.5. The van der Waals surface area contributed by atoms with Gasteiger partial charge in [-0.3, -0.25) is 14.4 Å². The molecule has 0 saturated carbocycles. The number of esters is 3. The van der Waals surface area contributed by atoms with Crippen LogP contribution in [0, 0.1) is 0 Å². The van der Waals surface area contributed by atoms with Gasteiger partial charge in [0.05, 0.1) is 0 Å². The Hall–Kier alpha value is -4.45. The molecule has 6 nitrogen and oxygen atoms in total. The van der Waals surface area contributed by atoms with Gasteiger partial charge in [0, 0.05) is 19.3 Å². The number of carbonyl (C=O) groups is 3. The van der Waals surface area contributed by atoms with E-state index < -0.39 is 6.10 Å². The van der Waals surface area contributed by atoms with Crippen LogP contribution < -0.4 is 0 Å². The number of rotatable bonds is 45. The second-order valence-corrected chi connectivity index (χ2v) is 16.7. The van der Waals surface area contributed by atoms with E-state index in [0.29, 0.717) is 19.3 Å². The third-order valence-corrected chi connectivity index (χ3v) is 10.4. The quantitative estimate of drug-likeness (QED) is 0.0262. The van der Waals surface area contributed by atoms with Gasteiger partial charge in [0.25, 0.3) is 0 Å².